The number of rotatable bonds is 4. The van der Waals surface area contributed by atoms with E-state index in [-0.39, 0.29) is 11.3 Å². The highest BCUT2D eigenvalue weighted by Crippen LogP contribution is 2.04. The molecule has 0 bridgehead atoms. The minimum atomic E-state index is -2.66. The van der Waals surface area contributed by atoms with E-state index in [1.54, 1.807) is 0 Å². The Labute approximate surface area is 95.5 Å². The second-order valence-corrected chi connectivity index (χ2v) is 3.33. The van der Waals surface area contributed by atoms with Gasteiger partial charge in [-0.1, -0.05) is 0 Å². The number of pyridine rings is 1. The van der Waals surface area contributed by atoms with Crippen molar-refractivity contribution in [3.8, 4) is 0 Å². The normalized spacial score (nSPS) is 12.2. The highest BCUT2D eigenvalue weighted by Gasteiger charge is 2.18. The van der Waals surface area contributed by atoms with Gasteiger partial charge in [-0.15, -0.1) is 0 Å². The number of aromatic carboxylic acids is 1. The number of aromatic nitrogens is 1. The van der Waals surface area contributed by atoms with Crippen molar-refractivity contribution in [3.05, 3.63) is 29.6 Å². The monoisotopic (exact) mass is 244 g/mol. The van der Waals surface area contributed by atoms with Gasteiger partial charge in [-0.25, -0.2) is 18.6 Å². The van der Waals surface area contributed by atoms with E-state index in [9.17, 15) is 18.4 Å². The van der Waals surface area contributed by atoms with E-state index in [2.05, 4.69) is 10.3 Å². The van der Waals surface area contributed by atoms with Crippen LogP contribution in [-0.4, -0.2) is 34.4 Å². The van der Waals surface area contributed by atoms with Crippen molar-refractivity contribution in [2.45, 2.75) is 19.4 Å². The van der Waals surface area contributed by atoms with Crippen LogP contribution < -0.4 is 5.32 Å². The summed E-state index contributed by atoms with van der Waals surface area (Å²) in [5.74, 6) is -1.94. The standard InChI is InChI=1S/C10H10F2N2O3/c1-5(8(11)12)14-9(15)6-2-3-7(10(16)17)13-4-6/h2-5,8H,1H3,(H,14,15)(H,16,17). The molecule has 17 heavy (non-hydrogen) atoms. The summed E-state index contributed by atoms with van der Waals surface area (Å²) >= 11 is 0. The molecule has 0 saturated carbocycles. The van der Waals surface area contributed by atoms with Crippen molar-refractivity contribution in [2.75, 3.05) is 0 Å². The van der Waals surface area contributed by atoms with Crippen LogP contribution in [0.5, 0.6) is 0 Å². The first-order valence-corrected chi connectivity index (χ1v) is 4.70. The maximum Gasteiger partial charge on any atom is 0.354 e. The summed E-state index contributed by atoms with van der Waals surface area (Å²) < 4.78 is 24.3. The molecule has 1 aromatic rings. The maximum absolute atomic E-state index is 12.2. The fourth-order valence-electron chi connectivity index (χ4n) is 1.01. The van der Waals surface area contributed by atoms with Crippen LogP contribution in [0.1, 0.15) is 27.8 Å². The maximum atomic E-state index is 12.2. The molecule has 1 atom stereocenters. The lowest BCUT2D eigenvalue weighted by Gasteiger charge is -2.12. The van der Waals surface area contributed by atoms with E-state index in [0.29, 0.717) is 0 Å². The van der Waals surface area contributed by atoms with E-state index in [0.717, 1.165) is 12.3 Å². The predicted octanol–water partition coefficient (Wildman–Crippen LogP) is 1.16. The highest BCUT2D eigenvalue weighted by molar-refractivity contribution is 5.95. The van der Waals surface area contributed by atoms with E-state index in [1.165, 1.54) is 13.0 Å². The van der Waals surface area contributed by atoms with Gasteiger partial charge in [0.15, 0.2) is 0 Å². The third kappa shape index (κ3) is 3.47. The summed E-state index contributed by atoms with van der Waals surface area (Å²) in [4.78, 5) is 25.4. The molecule has 92 valence electrons. The molecule has 0 aliphatic carbocycles. The lowest BCUT2D eigenvalue weighted by molar-refractivity contribution is 0.0689. The molecule has 2 N–H and O–H groups in total. The Hall–Kier alpha value is -2.05. The third-order valence-electron chi connectivity index (χ3n) is 1.98. The van der Waals surface area contributed by atoms with Gasteiger partial charge in [0.25, 0.3) is 12.3 Å². The Balaban J connectivity index is 2.73. The zero-order valence-corrected chi connectivity index (χ0v) is 8.85. The van der Waals surface area contributed by atoms with Gasteiger partial charge in [-0.2, -0.15) is 0 Å². The van der Waals surface area contributed by atoms with Crippen molar-refractivity contribution < 1.29 is 23.5 Å². The molecule has 1 unspecified atom stereocenters. The topological polar surface area (TPSA) is 79.3 Å². The average molecular weight is 244 g/mol. The summed E-state index contributed by atoms with van der Waals surface area (Å²) in [6, 6.07) is 1.07. The first kappa shape index (κ1) is 13.0. The van der Waals surface area contributed by atoms with Gasteiger partial charge in [-0.05, 0) is 19.1 Å². The molecule has 0 aromatic carbocycles. The number of hydrogen-bond acceptors (Lipinski definition) is 3. The summed E-state index contributed by atoms with van der Waals surface area (Å²) in [5.41, 5.74) is -0.189. The van der Waals surface area contributed by atoms with E-state index in [1.807, 2.05) is 0 Å². The second-order valence-electron chi connectivity index (χ2n) is 3.33. The Bertz CT molecular complexity index is 420. The van der Waals surface area contributed by atoms with Gasteiger partial charge in [0.05, 0.1) is 11.6 Å². The van der Waals surface area contributed by atoms with Gasteiger partial charge in [-0.3, -0.25) is 4.79 Å². The number of alkyl halides is 2. The van der Waals surface area contributed by atoms with Crippen molar-refractivity contribution >= 4 is 11.9 Å². The average Bonchev–Trinajstić information content (AvgIpc) is 2.28. The van der Waals surface area contributed by atoms with Crippen LogP contribution in [0.2, 0.25) is 0 Å². The number of carbonyl (C=O) groups excluding carboxylic acids is 1. The Morgan fingerprint density at radius 1 is 1.41 bits per heavy atom. The quantitative estimate of drug-likeness (QED) is 0.833. The minimum Gasteiger partial charge on any atom is -0.477 e. The van der Waals surface area contributed by atoms with Gasteiger partial charge >= 0.3 is 5.97 Å². The number of nitrogens with one attached hydrogen (secondary N) is 1. The molecule has 1 rings (SSSR count). The molecular formula is C10H10F2N2O3. The Morgan fingerprint density at radius 2 is 2.06 bits per heavy atom. The SMILES string of the molecule is CC(NC(=O)c1ccc(C(=O)O)nc1)C(F)F. The molecule has 7 heteroatoms. The number of carboxylic acids is 1. The first-order chi connectivity index (χ1) is 7.91. The fourth-order valence-corrected chi connectivity index (χ4v) is 1.01. The summed E-state index contributed by atoms with van der Waals surface area (Å²) in [5, 5.41) is 10.6. The molecule has 0 aliphatic rings. The van der Waals surface area contributed by atoms with Gasteiger partial charge in [0.1, 0.15) is 5.69 Å². The van der Waals surface area contributed by atoms with Gasteiger partial charge < -0.3 is 10.4 Å². The molecule has 0 spiro atoms. The smallest absolute Gasteiger partial charge is 0.354 e. The Kier molecular flexibility index (Phi) is 4.08. The van der Waals surface area contributed by atoms with Crippen molar-refractivity contribution in [2.24, 2.45) is 0 Å². The van der Waals surface area contributed by atoms with Crippen LogP contribution in [0.3, 0.4) is 0 Å². The molecule has 1 aromatic heterocycles. The van der Waals surface area contributed by atoms with Crippen LogP contribution >= 0.6 is 0 Å². The van der Waals surface area contributed by atoms with Crippen molar-refractivity contribution in [1.82, 2.24) is 10.3 Å². The van der Waals surface area contributed by atoms with Gasteiger partial charge in [0.2, 0.25) is 0 Å². The number of hydrogen-bond donors (Lipinski definition) is 2. The zero-order valence-electron chi connectivity index (χ0n) is 8.85. The van der Waals surface area contributed by atoms with Crippen molar-refractivity contribution in [3.63, 3.8) is 0 Å². The van der Waals surface area contributed by atoms with Gasteiger partial charge in [0, 0.05) is 6.20 Å². The molecular weight excluding hydrogens is 234 g/mol. The molecule has 0 radical (unpaired) electrons. The molecule has 0 fully saturated rings. The van der Waals surface area contributed by atoms with Crippen LogP contribution in [0.4, 0.5) is 8.78 Å². The summed E-state index contributed by atoms with van der Waals surface area (Å²) in [6.07, 6.45) is -1.64. The van der Waals surface area contributed by atoms with E-state index < -0.39 is 24.3 Å². The number of halogens is 2. The number of carboxylic acid groups (broad SMARTS) is 1. The lowest BCUT2D eigenvalue weighted by Crippen LogP contribution is -2.37. The predicted molar refractivity (Wildman–Crippen MR) is 54.1 cm³/mol. The lowest BCUT2D eigenvalue weighted by atomic mass is 10.2. The number of nitrogens with zero attached hydrogens (tertiary/aromatic N) is 1. The zero-order chi connectivity index (χ0) is 13.0. The van der Waals surface area contributed by atoms with Crippen LogP contribution in [0, 0.1) is 0 Å². The molecule has 1 amide bonds. The third-order valence-corrected chi connectivity index (χ3v) is 1.98. The molecule has 1 heterocycles. The first-order valence-electron chi connectivity index (χ1n) is 4.70. The van der Waals surface area contributed by atoms with E-state index >= 15 is 0 Å². The Morgan fingerprint density at radius 3 is 2.47 bits per heavy atom. The number of carbonyl (C=O) groups is 2. The highest BCUT2D eigenvalue weighted by atomic mass is 19.3. The van der Waals surface area contributed by atoms with Crippen LogP contribution in [0.25, 0.3) is 0 Å². The van der Waals surface area contributed by atoms with Crippen LogP contribution in [-0.2, 0) is 0 Å². The van der Waals surface area contributed by atoms with Crippen LogP contribution in [0.15, 0.2) is 18.3 Å². The van der Waals surface area contributed by atoms with Crippen molar-refractivity contribution in [1.29, 1.82) is 0 Å². The second kappa shape index (κ2) is 5.33. The van der Waals surface area contributed by atoms with E-state index in [4.69, 9.17) is 5.11 Å². The summed E-state index contributed by atoms with van der Waals surface area (Å²) in [6.45, 7) is 1.17. The number of amides is 1. The summed E-state index contributed by atoms with van der Waals surface area (Å²) in [7, 11) is 0. The minimum absolute atomic E-state index is 0.0301. The molecule has 5 nitrogen and oxygen atoms in total. The fraction of sp³-hybridized carbons (Fsp3) is 0.300. The molecule has 0 aliphatic heterocycles. The largest absolute Gasteiger partial charge is 0.477 e. The molecule has 0 saturated heterocycles.